The molecule has 4 aromatic carbocycles. The maximum Gasteiger partial charge on any atom is 0.272 e. The van der Waals surface area contributed by atoms with Gasteiger partial charge in [0.25, 0.3) is 21.6 Å². The molecular weight excluding hydrogens is 565 g/mol. The van der Waals surface area contributed by atoms with Crippen molar-refractivity contribution in [2.45, 2.75) is 11.3 Å². The summed E-state index contributed by atoms with van der Waals surface area (Å²) >= 11 is 12.2. The van der Waals surface area contributed by atoms with Crippen LogP contribution in [0.25, 0.3) is 0 Å². The minimum atomic E-state index is -4.09. The van der Waals surface area contributed by atoms with E-state index in [4.69, 9.17) is 27.9 Å². The molecular formula is C27H21Cl2N3O6S. The molecule has 9 nitrogen and oxygen atoms in total. The summed E-state index contributed by atoms with van der Waals surface area (Å²) in [6.07, 6.45) is 0.202. The van der Waals surface area contributed by atoms with Crippen molar-refractivity contribution < 1.29 is 22.9 Å². The number of nitro groups is 1. The number of halogens is 2. The van der Waals surface area contributed by atoms with E-state index in [2.05, 4.69) is 10.0 Å². The molecule has 0 saturated heterocycles. The molecule has 0 aliphatic carbocycles. The molecule has 0 heterocycles. The number of ether oxygens (including phenoxy) is 1. The monoisotopic (exact) mass is 585 g/mol. The lowest BCUT2D eigenvalue weighted by atomic mass is 10.1. The standard InChI is InChI=1S/C27H21Cl2N3O6S/c28-19-9-14-24(22(17-19)27(33)30-16-15-18-5-1-3-7-25(18)32(34)35)31-39(36,37)21-12-10-20(11-13-21)38-26-8-4-2-6-23(26)29/h1-14,17,31H,15-16H2,(H,30,33). The summed E-state index contributed by atoms with van der Waals surface area (Å²) in [4.78, 5) is 23.6. The number of rotatable bonds is 10. The van der Waals surface area contributed by atoms with Crippen molar-refractivity contribution in [3.05, 3.63) is 122 Å². The van der Waals surface area contributed by atoms with Crippen molar-refractivity contribution in [2.75, 3.05) is 11.3 Å². The molecule has 39 heavy (non-hydrogen) atoms. The number of hydrogen-bond acceptors (Lipinski definition) is 6. The molecule has 0 saturated carbocycles. The van der Waals surface area contributed by atoms with Crippen LogP contribution in [0.15, 0.2) is 95.9 Å². The first-order chi connectivity index (χ1) is 18.6. The first-order valence-corrected chi connectivity index (χ1v) is 13.7. The smallest absolute Gasteiger partial charge is 0.272 e. The highest BCUT2D eigenvalue weighted by Crippen LogP contribution is 2.30. The fraction of sp³-hybridized carbons (Fsp3) is 0.0741. The SMILES string of the molecule is O=C(NCCc1ccccc1[N+](=O)[O-])c1cc(Cl)ccc1NS(=O)(=O)c1ccc(Oc2ccccc2Cl)cc1. The van der Waals surface area contributed by atoms with Gasteiger partial charge in [-0.1, -0.05) is 53.5 Å². The van der Waals surface area contributed by atoms with Gasteiger partial charge in [-0.3, -0.25) is 19.6 Å². The zero-order valence-electron chi connectivity index (χ0n) is 20.1. The predicted octanol–water partition coefficient (Wildman–Crippen LogP) is 6.47. The van der Waals surface area contributed by atoms with Crippen molar-refractivity contribution >= 4 is 50.5 Å². The summed E-state index contributed by atoms with van der Waals surface area (Å²) in [5.74, 6) is 0.205. The van der Waals surface area contributed by atoms with Crippen LogP contribution < -0.4 is 14.8 Å². The molecule has 1 amide bonds. The van der Waals surface area contributed by atoms with Gasteiger partial charge in [0.1, 0.15) is 11.5 Å². The van der Waals surface area contributed by atoms with E-state index >= 15 is 0 Å². The van der Waals surface area contributed by atoms with Gasteiger partial charge >= 0.3 is 0 Å². The maximum absolute atomic E-state index is 13.1. The molecule has 4 rings (SSSR count). The number of carbonyl (C=O) groups excluding carboxylic acids is 1. The van der Waals surface area contributed by atoms with Crippen LogP contribution in [0.2, 0.25) is 10.0 Å². The molecule has 0 aliphatic rings. The van der Waals surface area contributed by atoms with Gasteiger partial charge in [-0.2, -0.15) is 0 Å². The molecule has 0 unspecified atom stereocenters. The van der Waals surface area contributed by atoms with E-state index in [0.29, 0.717) is 22.1 Å². The van der Waals surface area contributed by atoms with Gasteiger partial charge in [0, 0.05) is 23.2 Å². The molecule has 12 heteroatoms. The van der Waals surface area contributed by atoms with Gasteiger partial charge in [0.05, 0.1) is 26.1 Å². The van der Waals surface area contributed by atoms with E-state index in [-0.39, 0.29) is 39.8 Å². The Kier molecular flexibility index (Phi) is 8.70. The van der Waals surface area contributed by atoms with Gasteiger partial charge in [-0.25, -0.2) is 8.42 Å². The number of benzene rings is 4. The third kappa shape index (κ3) is 7.05. The Morgan fingerprint density at radius 3 is 2.33 bits per heavy atom. The number of hydrogen-bond donors (Lipinski definition) is 2. The lowest BCUT2D eigenvalue weighted by molar-refractivity contribution is -0.385. The van der Waals surface area contributed by atoms with E-state index < -0.39 is 20.9 Å². The summed E-state index contributed by atoms with van der Waals surface area (Å²) in [6, 6.07) is 22.9. The Labute approximate surface area is 234 Å². The number of para-hydroxylation sites is 2. The highest BCUT2D eigenvalue weighted by Gasteiger charge is 2.20. The van der Waals surface area contributed by atoms with Crippen LogP contribution in [0.5, 0.6) is 11.5 Å². The number of amides is 1. The van der Waals surface area contributed by atoms with Crippen LogP contribution in [0.1, 0.15) is 15.9 Å². The third-order valence-electron chi connectivity index (χ3n) is 5.54. The van der Waals surface area contributed by atoms with Gasteiger partial charge in [0.2, 0.25) is 0 Å². The molecule has 4 aromatic rings. The van der Waals surface area contributed by atoms with Crippen LogP contribution in [0.4, 0.5) is 11.4 Å². The summed E-state index contributed by atoms with van der Waals surface area (Å²) in [6.45, 7) is 0.0787. The van der Waals surface area contributed by atoms with Crippen LogP contribution in [0.3, 0.4) is 0 Å². The third-order valence-corrected chi connectivity index (χ3v) is 7.47. The van der Waals surface area contributed by atoms with Gasteiger partial charge in [-0.15, -0.1) is 0 Å². The summed E-state index contributed by atoms with van der Waals surface area (Å²) in [5.41, 5.74) is 0.411. The number of sulfonamides is 1. The second kappa shape index (κ2) is 12.2. The fourth-order valence-corrected chi connectivity index (χ4v) is 5.07. The Balaban J connectivity index is 1.47. The summed E-state index contributed by atoms with van der Waals surface area (Å²) < 4.78 is 34.3. The van der Waals surface area contributed by atoms with Crippen molar-refractivity contribution in [2.24, 2.45) is 0 Å². The molecule has 200 valence electrons. The number of carbonyl (C=O) groups is 1. The average molecular weight is 586 g/mol. The van der Waals surface area contributed by atoms with E-state index in [1.165, 1.54) is 48.5 Å². The van der Waals surface area contributed by atoms with Crippen molar-refractivity contribution in [3.63, 3.8) is 0 Å². The van der Waals surface area contributed by atoms with Crippen molar-refractivity contribution in [1.29, 1.82) is 0 Å². The van der Waals surface area contributed by atoms with Crippen LogP contribution in [-0.4, -0.2) is 25.8 Å². The number of nitro benzene ring substituents is 1. The molecule has 0 aliphatic heterocycles. The molecule has 0 fully saturated rings. The van der Waals surface area contributed by atoms with Crippen LogP contribution in [0, 0.1) is 10.1 Å². The second-order valence-electron chi connectivity index (χ2n) is 8.19. The van der Waals surface area contributed by atoms with Crippen LogP contribution in [-0.2, 0) is 16.4 Å². The lowest BCUT2D eigenvalue weighted by Gasteiger charge is -2.14. The topological polar surface area (TPSA) is 128 Å². The molecule has 0 aromatic heterocycles. The number of nitrogens with one attached hydrogen (secondary N) is 2. The van der Waals surface area contributed by atoms with Crippen molar-refractivity contribution in [3.8, 4) is 11.5 Å². The fourth-order valence-electron chi connectivity index (χ4n) is 3.64. The molecule has 0 spiro atoms. The molecule has 0 radical (unpaired) electrons. The minimum absolute atomic E-state index is 0.00712. The van der Waals surface area contributed by atoms with E-state index in [1.54, 1.807) is 42.5 Å². The highest BCUT2D eigenvalue weighted by atomic mass is 35.5. The highest BCUT2D eigenvalue weighted by molar-refractivity contribution is 7.92. The zero-order chi connectivity index (χ0) is 28.0. The van der Waals surface area contributed by atoms with Crippen LogP contribution >= 0.6 is 23.2 Å². The van der Waals surface area contributed by atoms with Crippen molar-refractivity contribution in [1.82, 2.24) is 5.32 Å². The Morgan fingerprint density at radius 1 is 0.923 bits per heavy atom. The summed E-state index contributed by atoms with van der Waals surface area (Å²) in [7, 11) is -4.09. The first kappa shape index (κ1) is 27.9. The minimum Gasteiger partial charge on any atom is -0.456 e. The maximum atomic E-state index is 13.1. The zero-order valence-corrected chi connectivity index (χ0v) is 22.5. The Bertz CT molecular complexity index is 1630. The van der Waals surface area contributed by atoms with E-state index in [9.17, 15) is 23.3 Å². The molecule has 0 bridgehead atoms. The van der Waals surface area contributed by atoms with Gasteiger partial charge < -0.3 is 10.1 Å². The molecule has 2 N–H and O–H groups in total. The first-order valence-electron chi connectivity index (χ1n) is 11.5. The Hall–Kier alpha value is -4.12. The van der Waals surface area contributed by atoms with E-state index in [1.807, 2.05) is 0 Å². The van der Waals surface area contributed by atoms with Gasteiger partial charge in [0.15, 0.2) is 0 Å². The Morgan fingerprint density at radius 2 is 1.62 bits per heavy atom. The number of nitrogens with zero attached hydrogens (tertiary/aromatic N) is 1. The largest absolute Gasteiger partial charge is 0.456 e. The quantitative estimate of drug-likeness (QED) is 0.162. The van der Waals surface area contributed by atoms with E-state index in [0.717, 1.165) is 0 Å². The molecule has 0 atom stereocenters. The van der Waals surface area contributed by atoms with Gasteiger partial charge in [-0.05, 0) is 61.0 Å². The average Bonchev–Trinajstić information content (AvgIpc) is 2.91. The number of anilines is 1. The normalized spacial score (nSPS) is 11.0. The lowest BCUT2D eigenvalue weighted by Crippen LogP contribution is -2.27. The second-order valence-corrected chi connectivity index (χ2v) is 10.7. The predicted molar refractivity (Wildman–Crippen MR) is 149 cm³/mol. The summed E-state index contributed by atoms with van der Waals surface area (Å²) in [5, 5.41) is 14.5.